The van der Waals surface area contributed by atoms with Gasteiger partial charge in [0.05, 0.1) is 37.6 Å². The van der Waals surface area contributed by atoms with Gasteiger partial charge in [0.1, 0.15) is 6.04 Å². The van der Waals surface area contributed by atoms with Crippen molar-refractivity contribution in [3.63, 3.8) is 0 Å². The standard InChI is InChI=1S/C25H36N6O6/c26-6-14-36-16-12-29-8-10-30(11-9-29)13-17-37-15-7-27-19-3-1-2-18-22(19)25(35)31(24(18)34)20-4-5-21(32)28-23(20)33/h1-3,20,27H,4-17,26H2,(H,28,32,33). The molecule has 0 bridgehead atoms. The number of hydrogen-bond donors (Lipinski definition) is 3. The van der Waals surface area contributed by atoms with Crippen LogP contribution >= 0.6 is 0 Å². The van der Waals surface area contributed by atoms with Crippen LogP contribution < -0.4 is 16.4 Å². The predicted molar refractivity (Wildman–Crippen MR) is 135 cm³/mol. The van der Waals surface area contributed by atoms with Gasteiger partial charge in [0.2, 0.25) is 11.8 Å². The van der Waals surface area contributed by atoms with Crippen LogP contribution in [0.5, 0.6) is 0 Å². The number of piperidine rings is 1. The van der Waals surface area contributed by atoms with Crippen molar-refractivity contribution in [1.29, 1.82) is 0 Å². The molecule has 4 N–H and O–H groups in total. The lowest BCUT2D eigenvalue weighted by atomic mass is 10.0. The zero-order valence-electron chi connectivity index (χ0n) is 21.1. The number of carbonyl (C=O) groups is 4. The van der Waals surface area contributed by atoms with Gasteiger partial charge in [-0.3, -0.25) is 39.2 Å². The summed E-state index contributed by atoms with van der Waals surface area (Å²) < 4.78 is 11.2. The van der Waals surface area contributed by atoms with Crippen LogP contribution in [0.1, 0.15) is 33.6 Å². The Morgan fingerprint density at radius 2 is 1.59 bits per heavy atom. The van der Waals surface area contributed by atoms with E-state index in [0.717, 1.165) is 44.2 Å². The number of nitrogens with two attached hydrogens (primary N) is 1. The molecule has 37 heavy (non-hydrogen) atoms. The average molecular weight is 517 g/mol. The van der Waals surface area contributed by atoms with Gasteiger partial charge in [0.15, 0.2) is 0 Å². The van der Waals surface area contributed by atoms with E-state index in [9.17, 15) is 19.2 Å². The smallest absolute Gasteiger partial charge is 0.264 e. The van der Waals surface area contributed by atoms with Crippen molar-refractivity contribution >= 4 is 29.3 Å². The molecule has 1 unspecified atom stereocenters. The van der Waals surface area contributed by atoms with Crippen LogP contribution in [0.25, 0.3) is 0 Å². The van der Waals surface area contributed by atoms with E-state index in [0.29, 0.717) is 45.2 Å². The number of hydrogen-bond acceptors (Lipinski definition) is 10. The first kappa shape index (κ1) is 27.1. The van der Waals surface area contributed by atoms with Crippen molar-refractivity contribution in [2.75, 3.05) is 84.1 Å². The molecule has 4 rings (SSSR count). The minimum Gasteiger partial charge on any atom is -0.382 e. The fourth-order valence-corrected chi connectivity index (χ4v) is 4.83. The predicted octanol–water partition coefficient (Wildman–Crippen LogP) is -0.891. The molecule has 4 amide bonds. The molecule has 2 fully saturated rings. The fraction of sp³-hybridized carbons (Fsp3) is 0.600. The molecule has 202 valence electrons. The van der Waals surface area contributed by atoms with Crippen molar-refractivity contribution in [3.05, 3.63) is 29.3 Å². The maximum absolute atomic E-state index is 13.1. The topological polar surface area (TPSA) is 147 Å². The molecular weight excluding hydrogens is 480 g/mol. The molecule has 12 nitrogen and oxygen atoms in total. The summed E-state index contributed by atoms with van der Waals surface area (Å²) in [4.78, 5) is 55.5. The Bertz CT molecular complexity index is 996. The quantitative estimate of drug-likeness (QED) is 0.223. The minimum atomic E-state index is -0.979. The molecule has 0 saturated carbocycles. The van der Waals surface area contributed by atoms with Gasteiger partial charge in [0.25, 0.3) is 11.8 Å². The van der Waals surface area contributed by atoms with Crippen LogP contribution in [-0.2, 0) is 19.1 Å². The Morgan fingerprint density at radius 1 is 0.919 bits per heavy atom. The fourth-order valence-electron chi connectivity index (χ4n) is 4.83. The minimum absolute atomic E-state index is 0.0894. The molecular formula is C25H36N6O6. The van der Waals surface area contributed by atoms with Gasteiger partial charge >= 0.3 is 0 Å². The Balaban J connectivity index is 1.18. The first-order valence-electron chi connectivity index (χ1n) is 12.9. The van der Waals surface area contributed by atoms with Crippen LogP contribution in [0.2, 0.25) is 0 Å². The summed E-state index contributed by atoms with van der Waals surface area (Å²) in [6, 6.07) is 4.03. The van der Waals surface area contributed by atoms with Gasteiger partial charge in [-0.15, -0.1) is 0 Å². The summed E-state index contributed by atoms with van der Waals surface area (Å²) in [5.41, 5.74) is 6.47. The van der Waals surface area contributed by atoms with Crippen molar-refractivity contribution in [2.45, 2.75) is 18.9 Å². The largest absolute Gasteiger partial charge is 0.382 e. The molecule has 1 atom stereocenters. The van der Waals surface area contributed by atoms with Crippen molar-refractivity contribution in [2.24, 2.45) is 5.73 Å². The number of fused-ring (bicyclic) bond motifs is 1. The van der Waals surface area contributed by atoms with E-state index >= 15 is 0 Å². The van der Waals surface area contributed by atoms with Crippen molar-refractivity contribution in [1.82, 2.24) is 20.0 Å². The maximum Gasteiger partial charge on any atom is 0.264 e. The zero-order valence-corrected chi connectivity index (χ0v) is 21.1. The number of nitrogens with one attached hydrogen (secondary N) is 2. The molecule has 3 aliphatic heterocycles. The Hall–Kier alpha value is -2.90. The molecule has 0 aliphatic carbocycles. The third kappa shape index (κ3) is 6.70. The number of nitrogens with zero attached hydrogens (tertiary/aromatic N) is 3. The molecule has 0 spiro atoms. The summed E-state index contributed by atoms with van der Waals surface area (Å²) in [6.07, 6.45) is 0.219. The first-order chi connectivity index (χ1) is 18.0. The zero-order chi connectivity index (χ0) is 26.2. The van der Waals surface area contributed by atoms with Gasteiger partial charge in [-0.25, -0.2) is 0 Å². The highest BCUT2D eigenvalue weighted by Gasteiger charge is 2.45. The number of piperazine rings is 1. The molecule has 2 saturated heterocycles. The lowest BCUT2D eigenvalue weighted by Gasteiger charge is -2.34. The van der Waals surface area contributed by atoms with Crippen LogP contribution in [0, 0.1) is 0 Å². The molecule has 0 radical (unpaired) electrons. The molecule has 3 aliphatic rings. The van der Waals surface area contributed by atoms with Crippen LogP contribution in [0.4, 0.5) is 5.69 Å². The Labute approximate surface area is 216 Å². The van der Waals surface area contributed by atoms with E-state index in [4.69, 9.17) is 15.2 Å². The maximum atomic E-state index is 13.1. The van der Waals surface area contributed by atoms with E-state index in [1.165, 1.54) is 0 Å². The SMILES string of the molecule is NCCOCCN1CCN(CCOCCNc2cccc3c2C(=O)N(C2CCC(=O)NC2=O)C3=O)CC1. The number of rotatable bonds is 13. The third-order valence-corrected chi connectivity index (χ3v) is 6.86. The van der Waals surface area contributed by atoms with Crippen LogP contribution in [-0.4, -0.2) is 123 Å². The summed E-state index contributed by atoms with van der Waals surface area (Å²) in [6.45, 7) is 9.18. The summed E-state index contributed by atoms with van der Waals surface area (Å²) >= 11 is 0. The van der Waals surface area contributed by atoms with Crippen LogP contribution in [0.3, 0.4) is 0 Å². The molecule has 1 aromatic carbocycles. The Kier molecular flexibility index (Phi) is 9.58. The van der Waals surface area contributed by atoms with Crippen molar-refractivity contribution < 1.29 is 28.7 Å². The number of imide groups is 2. The van der Waals surface area contributed by atoms with E-state index < -0.39 is 29.7 Å². The number of anilines is 1. The summed E-state index contributed by atoms with van der Waals surface area (Å²) in [7, 11) is 0. The number of amides is 4. The van der Waals surface area contributed by atoms with E-state index in [1.807, 2.05) is 0 Å². The lowest BCUT2D eigenvalue weighted by Crippen LogP contribution is -2.54. The van der Waals surface area contributed by atoms with Gasteiger partial charge in [0, 0.05) is 64.5 Å². The van der Waals surface area contributed by atoms with E-state index in [-0.39, 0.29) is 24.0 Å². The number of ether oxygens (including phenoxy) is 2. The highest BCUT2D eigenvalue weighted by molar-refractivity contribution is 6.25. The lowest BCUT2D eigenvalue weighted by molar-refractivity contribution is -0.136. The molecule has 1 aromatic rings. The van der Waals surface area contributed by atoms with E-state index in [2.05, 4.69) is 20.4 Å². The van der Waals surface area contributed by atoms with Crippen LogP contribution in [0.15, 0.2) is 18.2 Å². The monoisotopic (exact) mass is 516 g/mol. The second kappa shape index (κ2) is 13.1. The van der Waals surface area contributed by atoms with Crippen molar-refractivity contribution in [3.8, 4) is 0 Å². The first-order valence-corrected chi connectivity index (χ1v) is 12.9. The van der Waals surface area contributed by atoms with Gasteiger partial charge < -0.3 is 20.5 Å². The average Bonchev–Trinajstić information content (AvgIpc) is 3.15. The highest BCUT2D eigenvalue weighted by Crippen LogP contribution is 2.32. The molecule has 0 aromatic heterocycles. The summed E-state index contributed by atoms with van der Waals surface area (Å²) in [5.74, 6) is -2.06. The van der Waals surface area contributed by atoms with Gasteiger partial charge in [-0.05, 0) is 18.6 Å². The third-order valence-electron chi connectivity index (χ3n) is 6.86. The molecule has 12 heteroatoms. The Morgan fingerprint density at radius 3 is 2.24 bits per heavy atom. The second-order valence-corrected chi connectivity index (χ2v) is 9.30. The van der Waals surface area contributed by atoms with E-state index in [1.54, 1.807) is 18.2 Å². The molecule has 3 heterocycles. The van der Waals surface area contributed by atoms with Gasteiger partial charge in [-0.2, -0.15) is 0 Å². The number of benzene rings is 1. The van der Waals surface area contributed by atoms with Gasteiger partial charge in [-0.1, -0.05) is 6.07 Å². The second-order valence-electron chi connectivity index (χ2n) is 9.30. The number of carbonyl (C=O) groups excluding carboxylic acids is 4. The summed E-state index contributed by atoms with van der Waals surface area (Å²) in [5, 5.41) is 5.40. The normalized spacial score (nSPS) is 20.9. The highest BCUT2D eigenvalue weighted by atomic mass is 16.5.